The molecule has 2 aromatic rings. The number of aryl methyl sites for hydroxylation is 1. The van der Waals surface area contributed by atoms with Gasteiger partial charge in [-0.3, -0.25) is 4.98 Å². The van der Waals surface area contributed by atoms with Crippen molar-refractivity contribution in [2.45, 2.75) is 50.7 Å². The summed E-state index contributed by atoms with van der Waals surface area (Å²) in [6.07, 6.45) is 3.35. The lowest BCUT2D eigenvalue weighted by Crippen LogP contribution is -2.41. The van der Waals surface area contributed by atoms with Crippen LogP contribution in [0.15, 0.2) is 35.5 Å². The minimum absolute atomic E-state index is 0.224. The number of pyridine rings is 1. The molecule has 146 valence electrons. The Balaban J connectivity index is 1.81. The van der Waals surface area contributed by atoms with Crippen LogP contribution in [-0.4, -0.2) is 48.5 Å². The highest BCUT2D eigenvalue weighted by Crippen LogP contribution is 2.29. The number of sulfonamides is 1. The molecule has 0 unspecified atom stereocenters. The van der Waals surface area contributed by atoms with E-state index in [-0.39, 0.29) is 17.5 Å². The maximum absolute atomic E-state index is 13.2. The second-order valence-electron chi connectivity index (χ2n) is 7.81. The Kier molecular flexibility index (Phi) is 5.14. The van der Waals surface area contributed by atoms with Crippen LogP contribution < -0.4 is 5.32 Å². The number of nitrogens with zero attached hydrogens (tertiary/aromatic N) is 2. The van der Waals surface area contributed by atoms with Gasteiger partial charge in [0.2, 0.25) is 10.0 Å². The highest BCUT2D eigenvalue weighted by molar-refractivity contribution is 7.89. The molecule has 0 bridgehead atoms. The van der Waals surface area contributed by atoms with Gasteiger partial charge in [-0.1, -0.05) is 12.1 Å². The summed E-state index contributed by atoms with van der Waals surface area (Å²) in [6, 6.07) is 4.93. The van der Waals surface area contributed by atoms with Crippen molar-refractivity contribution >= 4 is 26.9 Å². The fourth-order valence-electron chi connectivity index (χ4n) is 3.26. The number of nitrogens with one attached hydrogen (secondary N) is 1. The molecule has 0 radical (unpaired) electrons. The second kappa shape index (κ2) is 7.09. The molecule has 0 aliphatic carbocycles. The van der Waals surface area contributed by atoms with Crippen molar-refractivity contribution in [3.63, 3.8) is 0 Å². The van der Waals surface area contributed by atoms with Gasteiger partial charge in [0.05, 0.1) is 4.90 Å². The van der Waals surface area contributed by atoms with Crippen LogP contribution in [0.1, 0.15) is 32.8 Å². The van der Waals surface area contributed by atoms with Crippen molar-refractivity contribution in [3.8, 4) is 0 Å². The van der Waals surface area contributed by atoms with Crippen molar-refractivity contribution in [2.24, 2.45) is 0 Å². The minimum Gasteiger partial charge on any atom is -0.444 e. The zero-order valence-corrected chi connectivity index (χ0v) is 16.8. The molecule has 1 fully saturated rings. The molecule has 8 heteroatoms. The SMILES string of the molecule is Cc1cncc2cccc(S(=O)(=O)N3CC[C@H](NC(=O)OC(C)(C)C)C3)c12. The summed E-state index contributed by atoms with van der Waals surface area (Å²) in [5.41, 5.74) is 0.220. The van der Waals surface area contributed by atoms with E-state index in [0.29, 0.717) is 18.4 Å². The maximum atomic E-state index is 13.2. The maximum Gasteiger partial charge on any atom is 0.407 e. The fraction of sp³-hybridized carbons (Fsp3) is 0.474. The molecule has 0 spiro atoms. The van der Waals surface area contributed by atoms with Crippen molar-refractivity contribution in [2.75, 3.05) is 13.1 Å². The Bertz CT molecular complexity index is 961. The molecule has 1 aromatic heterocycles. The number of rotatable bonds is 3. The lowest BCUT2D eigenvalue weighted by Gasteiger charge is -2.22. The average molecular weight is 391 g/mol. The molecule has 7 nitrogen and oxygen atoms in total. The number of aromatic nitrogens is 1. The normalized spacial score (nSPS) is 18.6. The zero-order chi connectivity index (χ0) is 19.8. The van der Waals surface area contributed by atoms with E-state index in [4.69, 9.17) is 4.74 Å². The largest absolute Gasteiger partial charge is 0.444 e. The van der Waals surface area contributed by atoms with Gasteiger partial charge < -0.3 is 10.1 Å². The van der Waals surface area contributed by atoms with E-state index in [1.807, 2.05) is 13.0 Å². The lowest BCUT2D eigenvalue weighted by atomic mass is 10.1. The molecule has 1 aliphatic rings. The monoisotopic (exact) mass is 391 g/mol. The first-order valence-corrected chi connectivity index (χ1v) is 10.3. The van der Waals surface area contributed by atoms with Crippen LogP contribution in [0.25, 0.3) is 10.8 Å². The minimum atomic E-state index is -3.68. The second-order valence-corrected chi connectivity index (χ2v) is 9.71. The number of benzene rings is 1. The van der Waals surface area contributed by atoms with Gasteiger partial charge in [0.25, 0.3) is 0 Å². The number of amides is 1. The fourth-order valence-corrected chi connectivity index (χ4v) is 5.05. The van der Waals surface area contributed by atoms with E-state index >= 15 is 0 Å². The predicted molar refractivity (Wildman–Crippen MR) is 103 cm³/mol. The Labute approximate surface area is 159 Å². The highest BCUT2D eigenvalue weighted by Gasteiger charge is 2.35. The molecular formula is C19H25N3O4S. The van der Waals surface area contributed by atoms with E-state index in [1.165, 1.54) is 4.31 Å². The summed E-state index contributed by atoms with van der Waals surface area (Å²) in [5, 5.41) is 4.24. The zero-order valence-electron chi connectivity index (χ0n) is 16.0. The smallest absolute Gasteiger partial charge is 0.407 e. The van der Waals surface area contributed by atoms with Crippen LogP contribution in [-0.2, 0) is 14.8 Å². The van der Waals surface area contributed by atoms with Crippen molar-refractivity contribution in [1.82, 2.24) is 14.6 Å². The van der Waals surface area contributed by atoms with Gasteiger partial charge in [-0.2, -0.15) is 4.31 Å². The first-order valence-electron chi connectivity index (χ1n) is 8.91. The van der Waals surface area contributed by atoms with E-state index in [0.717, 1.165) is 10.9 Å². The van der Waals surface area contributed by atoms with E-state index in [2.05, 4.69) is 10.3 Å². The first-order chi connectivity index (χ1) is 12.6. The summed E-state index contributed by atoms with van der Waals surface area (Å²) in [4.78, 5) is 16.4. The van der Waals surface area contributed by atoms with Crippen molar-refractivity contribution < 1.29 is 17.9 Å². The van der Waals surface area contributed by atoms with Crippen molar-refractivity contribution in [3.05, 3.63) is 36.2 Å². The molecule has 2 heterocycles. The topological polar surface area (TPSA) is 88.6 Å². The number of fused-ring (bicyclic) bond motifs is 1. The van der Waals surface area contributed by atoms with Crippen LogP contribution in [0.3, 0.4) is 0 Å². The standard InChI is InChI=1S/C19H25N3O4S/c1-13-10-20-11-14-6-5-7-16(17(13)14)27(24,25)22-9-8-15(12-22)21-18(23)26-19(2,3)4/h5-7,10-11,15H,8-9,12H2,1-4H3,(H,21,23)/t15-/m0/s1. The molecule has 1 atom stereocenters. The average Bonchev–Trinajstić information content (AvgIpc) is 3.02. The number of hydrogen-bond donors (Lipinski definition) is 1. The number of carbonyl (C=O) groups excluding carboxylic acids is 1. The molecule has 1 N–H and O–H groups in total. The summed E-state index contributed by atoms with van der Waals surface area (Å²) < 4.78 is 33.1. The van der Waals surface area contributed by atoms with Gasteiger partial charge in [0, 0.05) is 42.3 Å². The molecule has 27 heavy (non-hydrogen) atoms. The Morgan fingerprint density at radius 2 is 2.04 bits per heavy atom. The van der Waals surface area contributed by atoms with Gasteiger partial charge in [0.1, 0.15) is 5.60 Å². The third kappa shape index (κ3) is 4.22. The van der Waals surface area contributed by atoms with Gasteiger partial charge in [-0.25, -0.2) is 13.2 Å². The quantitative estimate of drug-likeness (QED) is 0.869. The molecule has 1 aliphatic heterocycles. The van der Waals surface area contributed by atoms with Crippen LogP contribution in [0.2, 0.25) is 0 Å². The van der Waals surface area contributed by atoms with E-state index < -0.39 is 21.7 Å². The third-order valence-corrected chi connectivity index (χ3v) is 6.33. The van der Waals surface area contributed by atoms with Gasteiger partial charge >= 0.3 is 6.09 Å². The molecular weight excluding hydrogens is 366 g/mol. The van der Waals surface area contributed by atoms with Gasteiger partial charge in [-0.15, -0.1) is 0 Å². The van der Waals surface area contributed by atoms with Crippen LogP contribution in [0, 0.1) is 6.92 Å². The Morgan fingerprint density at radius 1 is 1.30 bits per heavy atom. The number of hydrogen-bond acceptors (Lipinski definition) is 5. The highest BCUT2D eigenvalue weighted by atomic mass is 32.2. The van der Waals surface area contributed by atoms with Crippen molar-refractivity contribution in [1.29, 1.82) is 0 Å². The summed E-state index contributed by atoms with van der Waals surface area (Å²) in [7, 11) is -3.68. The van der Waals surface area contributed by atoms with Crippen LogP contribution >= 0.6 is 0 Å². The predicted octanol–water partition coefficient (Wildman–Crippen LogP) is 2.83. The van der Waals surface area contributed by atoms with Gasteiger partial charge in [-0.05, 0) is 45.7 Å². The van der Waals surface area contributed by atoms with Crippen LogP contribution in [0.4, 0.5) is 4.79 Å². The molecule has 1 aromatic carbocycles. The number of ether oxygens (including phenoxy) is 1. The summed E-state index contributed by atoms with van der Waals surface area (Å²) in [6.45, 7) is 7.79. The van der Waals surface area contributed by atoms with E-state index in [9.17, 15) is 13.2 Å². The Morgan fingerprint density at radius 3 is 2.74 bits per heavy atom. The Hall–Kier alpha value is -2.19. The summed E-state index contributed by atoms with van der Waals surface area (Å²) >= 11 is 0. The van der Waals surface area contributed by atoms with Crippen LogP contribution in [0.5, 0.6) is 0 Å². The molecule has 1 amide bonds. The van der Waals surface area contributed by atoms with E-state index in [1.54, 1.807) is 45.3 Å². The molecule has 1 saturated heterocycles. The van der Waals surface area contributed by atoms with Gasteiger partial charge in [0.15, 0.2) is 0 Å². The number of alkyl carbamates (subject to hydrolysis) is 1. The summed E-state index contributed by atoms with van der Waals surface area (Å²) in [5.74, 6) is 0. The molecule has 3 rings (SSSR count). The third-order valence-electron chi connectivity index (χ3n) is 4.42. The lowest BCUT2D eigenvalue weighted by molar-refractivity contribution is 0.0507. The number of carbonyl (C=O) groups is 1. The first kappa shape index (κ1) is 19.6. The molecule has 0 saturated carbocycles.